The van der Waals surface area contributed by atoms with Gasteiger partial charge in [0.25, 0.3) is 5.91 Å². The molecule has 0 atom stereocenters. The lowest BCUT2D eigenvalue weighted by Crippen LogP contribution is -2.31. The fraction of sp³-hybridized carbons (Fsp3) is 0.600. The van der Waals surface area contributed by atoms with Gasteiger partial charge in [0.2, 0.25) is 0 Å². The molecule has 0 spiro atoms. The van der Waals surface area contributed by atoms with E-state index in [0.717, 1.165) is 32.1 Å². The minimum atomic E-state index is -0.364. The Labute approximate surface area is 124 Å². The summed E-state index contributed by atoms with van der Waals surface area (Å²) in [6, 6.07) is 3.35. The molecular formula is C15H23N3O3. The SMILES string of the molecule is NC1CCC(OCCCNC(=O)c2ncccc2O)CC1. The monoisotopic (exact) mass is 293 g/mol. The Morgan fingerprint density at radius 3 is 2.90 bits per heavy atom. The molecule has 1 aliphatic carbocycles. The van der Waals surface area contributed by atoms with Crippen LogP contribution in [-0.2, 0) is 4.74 Å². The number of rotatable bonds is 6. The number of ether oxygens (including phenoxy) is 1. The highest BCUT2D eigenvalue weighted by molar-refractivity contribution is 5.94. The highest BCUT2D eigenvalue weighted by Crippen LogP contribution is 2.19. The fourth-order valence-electron chi connectivity index (χ4n) is 2.43. The van der Waals surface area contributed by atoms with E-state index in [2.05, 4.69) is 10.3 Å². The van der Waals surface area contributed by atoms with Crippen LogP contribution in [-0.4, -0.2) is 41.3 Å². The van der Waals surface area contributed by atoms with Crippen molar-refractivity contribution in [2.75, 3.05) is 13.2 Å². The number of nitrogens with zero attached hydrogens (tertiary/aromatic N) is 1. The van der Waals surface area contributed by atoms with Crippen LogP contribution in [0.3, 0.4) is 0 Å². The van der Waals surface area contributed by atoms with Crippen LogP contribution in [0.15, 0.2) is 18.3 Å². The minimum Gasteiger partial charge on any atom is -0.505 e. The van der Waals surface area contributed by atoms with Crippen molar-refractivity contribution < 1.29 is 14.6 Å². The lowest BCUT2D eigenvalue weighted by molar-refractivity contribution is 0.0241. The normalized spacial score (nSPS) is 22.0. The van der Waals surface area contributed by atoms with Gasteiger partial charge in [0, 0.05) is 25.4 Å². The Morgan fingerprint density at radius 1 is 1.43 bits per heavy atom. The van der Waals surface area contributed by atoms with Crippen LogP contribution in [0.5, 0.6) is 5.75 Å². The molecule has 1 amide bonds. The third-order valence-electron chi connectivity index (χ3n) is 3.68. The van der Waals surface area contributed by atoms with Crippen LogP contribution in [0, 0.1) is 0 Å². The maximum Gasteiger partial charge on any atom is 0.273 e. The average Bonchev–Trinajstić information content (AvgIpc) is 2.49. The zero-order valence-corrected chi connectivity index (χ0v) is 12.1. The highest BCUT2D eigenvalue weighted by Gasteiger charge is 2.18. The molecule has 1 heterocycles. The number of carbonyl (C=O) groups is 1. The Bertz CT molecular complexity index is 459. The Hall–Kier alpha value is -1.66. The van der Waals surface area contributed by atoms with Crippen molar-refractivity contribution >= 4 is 5.91 Å². The van der Waals surface area contributed by atoms with Crippen LogP contribution in [0.25, 0.3) is 0 Å². The summed E-state index contributed by atoms with van der Waals surface area (Å²) >= 11 is 0. The molecule has 1 aromatic rings. The van der Waals surface area contributed by atoms with E-state index in [9.17, 15) is 9.90 Å². The summed E-state index contributed by atoms with van der Waals surface area (Å²) in [6.07, 6.45) is 6.62. The molecule has 4 N–H and O–H groups in total. The van der Waals surface area contributed by atoms with Gasteiger partial charge >= 0.3 is 0 Å². The van der Waals surface area contributed by atoms with Gasteiger partial charge in [-0.05, 0) is 44.2 Å². The van der Waals surface area contributed by atoms with E-state index < -0.39 is 0 Å². The predicted molar refractivity (Wildman–Crippen MR) is 79.0 cm³/mol. The number of nitrogens with two attached hydrogens (primary N) is 1. The fourth-order valence-corrected chi connectivity index (χ4v) is 2.43. The second-order valence-corrected chi connectivity index (χ2v) is 5.39. The molecule has 116 valence electrons. The molecule has 0 radical (unpaired) electrons. The van der Waals surface area contributed by atoms with Gasteiger partial charge in [-0.25, -0.2) is 4.98 Å². The van der Waals surface area contributed by atoms with Crippen molar-refractivity contribution in [3.63, 3.8) is 0 Å². The molecule has 0 aliphatic heterocycles. The lowest BCUT2D eigenvalue weighted by Gasteiger charge is -2.26. The Morgan fingerprint density at radius 2 is 2.19 bits per heavy atom. The van der Waals surface area contributed by atoms with Crippen molar-refractivity contribution in [2.45, 2.75) is 44.2 Å². The number of hydrogen-bond acceptors (Lipinski definition) is 5. The second-order valence-electron chi connectivity index (χ2n) is 5.39. The number of hydrogen-bond donors (Lipinski definition) is 3. The van der Waals surface area contributed by atoms with Gasteiger partial charge in [-0.1, -0.05) is 0 Å². The van der Waals surface area contributed by atoms with E-state index in [1.807, 2.05) is 0 Å². The molecule has 0 unspecified atom stereocenters. The molecule has 0 aromatic carbocycles. The van der Waals surface area contributed by atoms with Gasteiger partial charge in [-0.3, -0.25) is 4.79 Å². The molecular weight excluding hydrogens is 270 g/mol. The Balaban J connectivity index is 1.60. The van der Waals surface area contributed by atoms with Crippen LogP contribution in [0.4, 0.5) is 0 Å². The number of pyridine rings is 1. The highest BCUT2D eigenvalue weighted by atomic mass is 16.5. The van der Waals surface area contributed by atoms with Crippen LogP contribution in [0.2, 0.25) is 0 Å². The summed E-state index contributed by atoms with van der Waals surface area (Å²) in [6.45, 7) is 1.12. The summed E-state index contributed by atoms with van der Waals surface area (Å²) in [5, 5.41) is 12.2. The van der Waals surface area contributed by atoms with Gasteiger partial charge in [0.15, 0.2) is 5.69 Å². The van der Waals surface area contributed by atoms with E-state index in [0.29, 0.717) is 25.3 Å². The quantitative estimate of drug-likeness (QED) is 0.685. The summed E-state index contributed by atoms with van der Waals surface area (Å²) < 4.78 is 5.77. The van der Waals surface area contributed by atoms with Crippen LogP contribution < -0.4 is 11.1 Å². The Kier molecular flexibility index (Phi) is 5.95. The molecule has 1 aromatic heterocycles. The maximum atomic E-state index is 11.8. The van der Waals surface area contributed by atoms with E-state index in [-0.39, 0.29) is 17.4 Å². The number of amides is 1. The summed E-state index contributed by atoms with van der Waals surface area (Å²) in [5.41, 5.74) is 5.90. The first-order chi connectivity index (χ1) is 10.2. The van der Waals surface area contributed by atoms with E-state index in [4.69, 9.17) is 10.5 Å². The molecule has 0 bridgehead atoms. The molecule has 1 aliphatic rings. The number of aromatic nitrogens is 1. The van der Waals surface area contributed by atoms with Gasteiger partial charge < -0.3 is 20.9 Å². The third-order valence-corrected chi connectivity index (χ3v) is 3.68. The molecule has 6 nitrogen and oxygen atoms in total. The molecule has 2 rings (SSSR count). The molecule has 21 heavy (non-hydrogen) atoms. The maximum absolute atomic E-state index is 11.8. The van der Waals surface area contributed by atoms with Crippen molar-refractivity contribution in [1.82, 2.24) is 10.3 Å². The number of carbonyl (C=O) groups excluding carboxylic acids is 1. The van der Waals surface area contributed by atoms with E-state index >= 15 is 0 Å². The van der Waals surface area contributed by atoms with E-state index in [1.54, 1.807) is 6.07 Å². The third kappa shape index (κ3) is 4.99. The van der Waals surface area contributed by atoms with Crippen molar-refractivity contribution in [1.29, 1.82) is 0 Å². The van der Waals surface area contributed by atoms with Crippen molar-refractivity contribution in [3.05, 3.63) is 24.0 Å². The largest absolute Gasteiger partial charge is 0.505 e. The first-order valence-corrected chi connectivity index (χ1v) is 7.46. The summed E-state index contributed by atoms with van der Waals surface area (Å²) in [5.74, 6) is -0.471. The van der Waals surface area contributed by atoms with Gasteiger partial charge in [-0.2, -0.15) is 0 Å². The molecule has 1 saturated carbocycles. The van der Waals surface area contributed by atoms with Gasteiger partial charge in [-0.15, -0.1) is 0 Å². The van der Waals surface area contributed by atoms with E-state index in [1.165, 1.54) is 12.3 Å². The standard InChI is InChI=1S/C15H23N3O3/c16-11-4-6-12(7-5-11)21-10-2-9-18-15(20)14-13(19)3-1-8-17-14/h1,3,8,11-12,19H,2,4-7,9-10,16H2,(H,18,20). The molecule has 0 saturated heterocycles. The number of nitrogens with one attached hydrogen (secondary N) is 1. The second kappa shape index (κ2) is 7.95. The first-order valence-electron chi connectivity index (χ1n) is 7.46. The van der Waals surface area contributed by atoms with Gasteiger partial charge in [0.05, 0.1) is 6.10 Å². The summed E-state index contributed by atoms with van der Waals surface area (Å²) in [7, 11) is 0. The molecule has 1 fully saturated rings. The van der Waals surface area contributed by atoms with Crippen molar-refractivity contribution in [2.24, 2.45) is 5.73 Å². The molecule has 6 heteroatoms. The summed E-state index contributed by atoms with van der Waals surface area (Å²) in [4.78, 5) is 15.6. The van der Waals surface area contributed by atoms with Crippen LogP contribution >= 0.6 is 0 Å². The minimum absolute atomic E-state index is 0.0553. The van der Waals surface area contributed by atoms with Crippen molar-refractivity contribution in [3.8, 4) is 5.75 Å². The zero-order valence-electron chi connectivity index (χ0n) is 12.1. The predicted octanol–water partition coefficient (Wildman–Crippen LogP) is 1.19. The number of aromatic hydroxyl groups is 1. The zero-order chi connectivity index (χ0) is 15.1. The lowest BCUT2D eigenvalue weighted by atomic mass is 9.94. The smallest absolute Gasteiger partial charge is 0.273 e. The average molecular weight is 293 g/mol. The topological polar surface area (TPSA) is 97.5 Å². The first kappa shape index (κ1) is 15.7. The van der Waals surface area contributed by atoms with Gasteiger partial charge in [0.1, 0.15) is 5.75 Å². The van der Waals surface area contributed by atoms with Crippen LogP contribution in [0.1, 0.15) is 42.6 Å².